The lowest BCUT2D eigenvalue weighted by Gasteiger charge is -2.05. The van der Waals surface area contributed by atoms with Gasteiger partial charge in [-0.05, 0) is 28.9 Å². The van der Waals surface area contributed by atoms with Gasteiger partial charge in [0, 0.05) is 11.1 Å². The van der Waals surface area contributed by atoms with Gasteiger partial charge in [-0.15, -0.1) is 0 Å². The topological polar surface area (TPSA) is 57.5 Å². The second-order valence-electron chi connectivity index (χ2n) is 2.39. The first-order valence-corrected chi connectivity index (χ1v) is 4.03. The molecular weight excluding hydrogens is 224 g/mol. The minimum absolute atomic E-state index is 0.238. The van der Waals surface area contributed by atoms with Crippen LogP contribution in [0.2, 0.25) is 0 Å². The number of phenols is 2. The van der Waals surface area contributed by atoms with Crippen LogP contribution in [-0.4, -0.2) is 16.5 Å². The smallest absolute Gasteiger partial charge is 0.172 e. The molecule has 0 aliphatic heterocycles. The molecule has 0 fully saturated rings. The molecule has 1 rings (SSSR count). The predicted molar refractivity (Wildman–Crippen MR) is 47.6 cm³/mol. The standard InChI is InChI=1S/C8H7BrO3/c1-4-5(3-10)2-6(9)8(12)7(4)11/h2-3,11-12H,1H3. The van der Waals surface area contributed by atoms with E-state index in [1.165, 1.54) is 6.07 Å². The lowest BCUT2D eigenvalue weighted by atomic mass is 10.1. The number of carbonyl (C=O) groups is 1. The number of carbonyl (C=O) groups excluding carboxylic acids is 1. The van der Waals surface area contributed by atoms with Gasteiger partial charge in [-0.2, -0.15) is 0 Å². The first kappa shape index (κ1) is 9.06. The van der Waals surface area contributed by atoms with E-state index in [2.05, 4.69) is 15.9 Å². The molecule has 0 aliphatic rings. The summed E-state index contributed by atoms with van der Waals surface area (Å²) in [6.07, 6.45) is 0.624. The molecule has 0 aliphatic carbocycles. The van der Waals surface area contributed by atoms with Crippen molar-refractivity contribution in [2.75, 3.05) is 0 Å². The van der Waals surface area contributed by atoms with E-state index in [1.807, 2.05) is 0 Å². The van der Waals surface area contributed by atoms with Gasteiger partial charge in [-0.25, -0.2) is 0 Å². The van der Waals surface area contributed by atoms with Crippen LogP contribution in [0.25, 0.3) is 0 Å². The van der Waals surface area contributed by atoms with Crippen molar-refractivity contribution in [2.45, 2.75) is 6.92 Å². The highest BCUT2D eigenvalue weighted by atomic mass is 79.9. The van der Waals surface area contributed by atoms with Crippen LogP contribution in [-0.2, 0) is 0 Å². The number of hydrogen-bond donors (Lipinski definition) is 2. The number of rotatable bonds is 1. The maximum absolute atomic E-state index is 10.4. The summed E-state index contributed by atoms with van der Waals surface area (Å²) in [5, 5.41) is 18.5. The highest BCUT2D eigenvalue weighted by molar-refractivity contribution is 9.10. The van der Waals surface area contributed by atoms with Crippen LogP contribution in [0.1, 0.15) is 15.9 Å². The van der Waals surface area contributed by atoms with Gasteiger partial charge in [0.05, 0.1) is 4.47 Å². The lowest BCUT2D eigenvalue weighted by molar-refractivity contribution is 0.112. The summed E-state index contributed by atoms with van der Waals surface area (Å²) in [6.45, 7) is 1.56. The van der Waals surface area contributed by atoms with Crippen molar-refractivity contribution in [1.29, 1.82) is 0 Å². The zero-order valence-electron chi connectivity index (χ0n) is 6.34. The van der Waals surface area contributed by atoms with E-state index in [9.17, 15) is 15.0 Å². The average Bonchev–Trinajstić information content (AvgIpc) is 2.08. The van der Waals surface area contributed by atoms with Gasteiger partial charge in [-0.1, -0.05) is 0 Å². The fourth-order valence-corrected chi connectivity index (χ4v) is 1.30. The molecule has 12 heavy (non-hydrogen) atoms. The predicted octanol–water partition coefficient (Wildman–Crippen LogP) is 1.98. The summed E-state index contributed by atoms with van der Waals surface area (Å²) < 4.78 is 0.313. The molecule has 0 unspecified atom stereocenters. The fraction of sp³-hybridized carbons (Fsp3) is 0.125. The summed E-state index contributed by atoms with van der Waals surface area (Å²) in [6, 6.07) is 1.46. The minimum atomic E-state index is -0.258. The number of aromatic hydroxyl groups is 2. The van der Waals surface area contributed by atoms with Crippen LogP contribution in [0, 0.1) is 6.92 Å². The Kier molecular flexibility index (Phi) is 2.38. The Morgan fingerprint density at radius 3 is 2.50 bits per heavy atom. The number of benzene rings is 1. The molecule has 0 heterocycles. The van der Waals surface area contributed by atoms with Crippen LogP contribution in [0.15, 0.2) is 10.5 Å². The van der Waals surface area contributed by atoms with Gasteiger partial charge in [0.15, 0.2) is 11.5 Å². The number of aldehydes is 1. The Morgan fingerprint density at radius 2 is 2.00 bits per heavy atom. The molecule has 0 saturated carbocycles. The molecule has 3 nitrogen and oxygen atoms in total. The third-order valence-electron chi connectivity index (χ3n) is 1.65. The van der Waals surface area contributed by atoms with Crippen molar-refractivity contribution in [2.24, 2.45) is 0 Å². The highest BCUT2D eigenvalue weighted by Gasteiger charge is 2.11. The van der Waals surface area contributed by atoms with Gasteiger partial charge >= 0.3 is 0 Å². The van der Waals surface area contributed by atoms with Crippen LogP contribution < -0.4 is 0 Å². The Morgan fingerprint density at radius 1 is 1.42 bits per heavy atom. The van der Waals surface area contributed by atoms with E-state index < -0.39 is 0 Å². The minimum Gasteiger partial charge on any atom is -0.504 e. The molecule has 0 radical (unpaired) electrons. The van der Waals surface area contributed by atoms with Gasteiger partial charge in [0.2, 0.25) is 0 Å². The zero-order valence-corrected chi connectivity index (χ0v) is 7.92. The molecule has 0 atom stereocenters. The van der Waals surface area contributed by atoms with E-state index in [4.69, 9.17) is 0 Å². The molecule has 0 bridgehead atoms. The van der Waals surface area contributed by atoms with Gasteiger partial charge in [0.1, 0.15) is 6.29 Å². The molecule has 1 aromatic carbocycles. The molecule has 1 aromatic rings. The molecule has 64 valence electrons. The van der Waals surface area contributed by atoms with Gasteiger partial charge in [-0.3, -0.25) is 4.79 Å². The van der Waals surface area contributed by atoms with E-state index in [1.54, 1.807) is 6.92 Å². The Bertz CT molecular complexity index is 334. The van der Waals surface area contributed by atoms with Crippen LogP contribution >= 0.6 is 15.9 Å². The molecule has 0 saturated heterocycles. The second-order valence-corrected chi connectivity index (χ2v) is 3.24. The largest absolute Gasteiger partial charge is 0.504 e. The zero-order chi connectivity index (χ0) is 9.30. The summed E-state index contributed by atoms with van der Waals surface area (Å²) in [4.78, 5) is 10.4. The first-order chi connectivity index (χ1) is 5.57. The summed E-state index contributed by atoms with van der Waals surface area (Å²) in [5.41, 5.74) is 0.739. The maximum Gasteiger partial charge on any atom is 0.172 e. The summed E-state index contributed by atoms with van der Waals surface area (Å²) in [5.74, 6) is -0.496. The van der Waals surface area contributed by atoms with E-state index in [-0.39, 0.29) is 11.5 Å². The van der Waals surface area contributed by atoms with Crippen molar-refractivity contribution in [3.63, 3.8) is 0 Å². The van der Waals surface area contributed by atoms with Crippen molar-refractivity contribution in [1.82, 2.24) is 0 Å². The summed E-state index contributed by atoms with van der Waals surface area (Å²) in [7, 11) is 0. The Balaban J connectivity index is 3.49. The number of halogens is 1. The molecule has 0 aromatic heterocycles. The van der Waals surface area contributed by atoms with E-state index in [0.29, 0.717) is 21.9 Å². The molecule has 0 amide bonds. The quantitative estimate of drug-likeness (QED) is 0.573. The van der Waals surface area contributed by atoms with E-state index in [0.717, 1.165) is 0 Å². The third-order valence-corrected chi connectivity index (χ3v) is 2.25. The normalized spacial score (nSPS) is 9.83. The highest BCUT2D eigenvalue weighted by Crippen LogP contribution is 2.37. The third kappa shape index (κ3) is 1.30. The lowest BCUT2D eigenvalue weighted by Crippen LogP contribution is -1.87. The van der Waals surface area contributed by atoms with Crippen LogP contribution in [0.4, 0.5) is 0 Å². The fourth-order valence-electron chi connectivity index (χ4n) is 0.863. The SMILES string of the molecule is Cc1c(C=O)cc(Br)c(O)c1O. The van der Waals surface area contributed by atoms with Crippen LogP contribution in [0.5, 0.6) is 11.5 Å². The Labute approximate surface area is 77.8 Å². The second kappa shape index (κ2) is 3.15. The van der Waals surface area contributed by atoms with E-state index >= 15 is 0 Å². The molecule has 2 N–H and O–H groups in total. The van der Waals surface area contributed by atoms with Gasteiger partial charge in [0.25, 0.3) is 0 Å². The molecule has 4 heteroatoms. The van der Waals surface area contributed by atoms with Crippen molar-refractivity contribution < 1.29 is 15.0 Å². The van der Waals surface area contributed by atoms with Gasteiger partial charge < -0.3 is 10.2 Å². The maximum atomic E-state index is 10.4. The molecular formula is C8H7BrO3. The summed E-state index contributed by atoms with van der Waals surface area (Å²) >= 11 is 3.00. The van der Waals surface area contributed by atoms with Crippen LogP contribution in [0.3, 0.4) is 0 Å². The first-order valence-electron chi connectivity index (χ1n) is 3.24. The Hall–Kier alpha value is -1.03. The molecule has 0 spiro atoms. The monoisotopic (exact) mass is 230 g/mol. The number of phenolic OH excluding ortho intramolecular Hbond substituents is 2. The average molecular weight is 231 g/mol. The van der Waals surface area contributed by atoms with Crippen molar-refractivity contribution >= 4 is 22.2 Å². The van der Waals surface area contributed by atoms with Crippen molar-refractivity contribution in [3.05, 3.63) is 21.7 Å². The van der Waals surface area contributed by atoms with Crippen molar-refractivity contribution in [3.8, 4) is 11.5 Å². The number of hydrogen-bond acceptors (Lipinski definition) is 3.